The van der Waals surface area contributed by atoms with Crippen molar-refractivity contribution in [2.45, 2.75) is 51.5 Å². The maximum absolute atomic E-state index is 13.1. The second kappa shape index (κ2) is 8.74. The highest BCUT2D eigenvalue weighted by Crippen LogP contribution is 2.36. The van der Waals surface area contributed by atoms with Crippen LogP contribution in [0.25, 0.3) is 0 Å². The third-order valence-corrected chi connectivity index (χ3v) is 5.79. The molecule has 0 bridgehead atoms. The van der Waals surface area contributed by atoms with E-state index in [0.717, 1.165) is 37.1 Å². The summed E-state index contributed by atoms with van der Waals surface area (Å²) in [4.78, 5) is 21.9. The van der Waals surface area contributed by atoms with Gasteiger partial charge in [-0.15, -0.1) is 0 Å². The Bertz CT molecular complexity index is 1050. The second-order valence-electron chi connectivity index (χ2n) is 7.95. The quantitative estimate of drug-likeness (QED) is 0.631. The van der Waals surface area contributed by atoms with Crippen LogP contribution in [0, 0.1) is 12.7 Å². The van der Waals surface area contributed by atoms with Crippen LogP contribution in [0.1, 0.15) is 76.6 Å². The predicted octanol–water partition coefficient (Wildman–Crippen LogP) is 5.27. The molecule has 1 aliphatic rings. The number of fused-ring (bicyclic) bond motifs is 1. The van der Waals surface area contributed by atoms with Gasteiger partial charge in [-0.3, -0.25) is 14.8 Å². The molecule has 2 heterocycles. The zero-order chi connectivity index (χ0) is 21.1. The van der Waals surface area contributed by atoms with Gasteiger partial charge in [0.05, 0.1) is 11.7 Å². The van der Waals surface area contributed by atoms with Crippen molar-refractivity contribution in [3.05, 3.63) is 94.3 Å². The topological polar surface area (TPSA) is 54.9 Å². The van der Waals surface area contributed by atoms with E-state index in [1.165, 1.54) is 41.0 Å². The predicted molar refractivity (Wildman–Crippen MR) is 115 cm³/mol. The van der Waals surface area contributed by atoms with Crippen molar-refractivity contribution < 1.29 is 9.18 Å². The van der Waals surface area contributed by atoms with Gasteiger partial charge in [0.25, 0.3) is 5.91 Å². The van der Waals surface area contributed by atoms with Gasteiger partial charge in [-0.25, -0.2) is 4.39 Å². The van der Waals surface area contributed by atoms with E-state index >= 15 is 0 Å². The van der Waals surface area contributed by atoms with Gasteiger partial charge < -0.3 is 5.32 Å². The Kier molecular flexibility index (Phi) is 5.88. The lowest BCUT2D eigenvalue weighted by Crippen LogP contribution is -2.29. The van der Waals surface area contributed by atoms with Crippen LogP contribution in [0.4, 0.5) is 4.39 Å². The van der Waals surface area contributed by atoms with Gasteiger partial charge in [0.1, 0.15) is 5.82 Å². The molecule has 2 aromatic heterocycles. The van der Waals surface area contributed by atoms with Crippen LogP contribution in [-0.4, -0.2) is 15.9 Å². The Hall–Kier alpha value is -3.08. The fourth-order valence-corrected chi connectivity index (χ4v) is 4.21. The molecule has 1 aromatic carbocycles. The van der Waals surface area contributed by atoms with Gasteiger partial charge in [0.2, 0.25) is 0 Å². The first kappa shape index (κ1) is 20.2. The lowest BCUT2D eigenvalue weighted by Gasteiger charge is -2.27. The van der Waals surface area contributed by atoms with Crippen molar-refractivity contribution in [2.75, 3.05) is 0 Å². The number of hydrogen-bond donors (Lipinski definition) is 1. The SMILES string of the molecule is CCC(NC(=O)c1ccc(F)cc1)c1ccc2c(n1)CCC[C@@H]2c1cncc(C)c1. The summed E-state index contributed by atoms with van der Waals surface area (Å²) < 4.78 is 13.1. The molecule has 154 valence electrons. The minimum absolute atomic E-state index is 0.186. The molecule has 1 N–H and O–H groups in total. The lowest BCUT2D eigenvalue weighted by molar-refractivity contribution is 0.0934. The molecule has 1 unspecified atom stereocenters. The molecule has 30 heavy (non-hydrogen) atoms. The first-order valence-corrected chi connectivity index (χ1v) is 10.5. The highest BCUT2D eigenvalue weighted by Gasteiger charge is 2.25. The Morgan fingerprint density at radius 2 is 2.00 bits per heavy atom. The van der Waals surface area contributed by atoms with Crippen LogP contribution in [0.2, 0.25) is 0 Å². The zero-order valence-corrected chi connectivity index (χ0v) is 17.4. The molecule has 4 nitrogen and oxygen atoms in total. The summed E-state index contributed by atoms with van der Waals surface area (Å²) in [6, 6.07) is 11.8. The number of rotatable bonds is 5. The summed E-state index contributed by atoms with van der Waals surface area (Å²) in [5, 5.41) is 3.04. The Labute approximate surface area is 176 Å². The molecule has 2 atom stereocenters. The average Bonchev–Trinajstić information content (AvgIpc) is 2.77. The highest BCUT2D eigenvalue weighted by molar-refractivity contribution is 5.94. The monoisotopic (exact) mass is 403 g/mol. The largest absolute Gasteiger partial charge is 0.344 e. The van der Waals surface area contributed by atoms with Crippen molar-refractivity contribution in [3.63, 3.8) is 0 Å². The van der Waals surface area contributed by atoms with Crippen molar-refractivity contribution in [3.8, 4) is 0 Å². The standard InChI is InChI=1S/C25H26FN3O/c1-3-22(29-25(30)17-7-9-19(26)10-8-17)24-12-11-21-20(5-4-6-23(21)28-24)18-13-16(2)14-27-15-18/h7-15,20,22H,3-6H2,1-2H3,(H,29,30)/t20-,22?/m1/s1. The van der Waals surface area contributed by atoms with Gasteiger partial charge in [-0.2, -0.15) is 0 Å². The van der Waals surface area contributed by atoms with E-state index in [2.05, 4.69) is 29.4 Å². The number of carbonyl (C=O) groups excluding carboxylic acids is 1. The van der Waals surface area contributed by atoms with E-state index in [0.29, 0.717) is 11.5 Å². The van der Waals surface area contributed by atoms with Gasteiger partial charge in [-0.1, -0.05) is 19.1 Å². The van der Waals surface area contributed by atoms with E-state index in [4.69, 9.17) is 4.98 Å². The highest BCUT2D eigenvalue weighted by atomic mass is 19.1. The number of carbonyl (C=O) groups is 1. The number of nitrogens with zero attached hydrogens (tertiary/aromatic N) is 2. The van der Waals surface area contributed by atoms with Crippen LogP contribution >= 0.6 is 0 Å². The van der Waals surface area contributed by atoms with Gasteiger partial charge in [0, 0.05) is 29.6 Å². The Morgan fingerprint density at radius 1 is 1.20 bits per heavy atom. The normalized spacial score (nSPS) is 16.6. The van der Waals surface area contributed by atoms with Crippen LogP contribution in [0.15, 0.2) is 54.9 Å². The zero-order valence-electron chi connectivity index (χ0n) is 17.4. The maximum atomic E-state index is 13.1. The van der Waals surface area contributed by atoms with Gasteiger partial charge in [0.15, 0.2) is 0 Å². The van der Waals surface area contributed by atoms with Crippen molar-refractivity contribution in [1.82, 2.24) is 15.3 Å². The van der Waals surface area contributed by atoms with Crippen molar-refractivity contribution >= 4 is 5.91 Å². The van der Waals surface area contributed by atoms with Crippen LogP contribution < -0.4 is 5.32 Å². The Balaban J connectivity index is 1.57. The molecule has 1 amide bonds. The van der Waals surface area contributed by atoms with E-state index in [1.807, 2.05) is 25.4 Å². The number of aryl methyl sites for hydroxylation is 2. The van der Waals surface area contributed by atoms with Crippen LogP contribution in [0.5, 0.6) is 0 Å². The number of halogens is 1. The molecular formula is C25H26FN3O. The molecule has 4 rings (SSSR count). The average molecular weight is 404 g/mol. The van der Waals surface area contributed by atoms with Crippen molar-refractivity contribution in [2.24, 2.45) is 0 Å². The summed E-state index contributed by atoms with van der Waals surface area (Å²) in [5.41, 5.74) is 6.09. The molecule has 0 aliphatic heterocycles. The lowest BCUT2D eigenvalue weighted by atomic mass is 9.81. The minimum atomic E-state index is -0.353. The number of hydrogen-bond acceptors (Lipinski definition) is 3. The van der Waals surface area contributed by atoms with Gasteiger partial charge in [-0.05, 0) is 79.6 Å². The minimum Gasteiger partial charge on any atom is -0.344 e. The smallest absolute Gasteiger partial charge is 0.251 e. The van der Waals surface area contributed by atoms with E-state index in [1.54, 1.807) is 0 Å². The summed E-state index contributed by atoms with van der Waals surface area (Å²) in [6.07, 6.45) is 7.69. The molecule has 3 aromatic rings. The fraction of sp³-hybridized carbons (Fsp3) is 0.320. The molecule has 5 heteroatoms. The maximum Gasteiger partial charge on any atom is 0.251 e. The first-order valence-electron chi connectivity index (χ1n) is 10.5. The molecule has 0 saturated heterocycles. The number of aromatic nitrogens is 2. The first-order chi connectivity index (χ1) is 14.5. The molecule has 0 saturated carbocycles. The summed E-state index contributed by atoms with van der Waals surface area (Å²) in [6.45, 7) is 4.09. The van der Waals surface area contributed by atoms with Crippen molar-refractivity contribution in [1.29, 1.82) is 0 Å². The molecule has 0 radical (unpaired) electrons. The summed E-state index contributed by atoms with van der Waals surface area (Å²) >= 11 is 0. The fourth-order valence-electron chi connectivity index (χ4n) is 4.21. The number of amides is 1. The van der Waals surface area contributed by atoms with Gasteiger partial charge >= 0.3 is 0 Å². The van der Waals surface area contributed by atoms with E-state index in [9.17, 15) is 9.18 Å². The van der Waals surface area contributed by atoms with Crippen LogP contribution in [-0.2, 0) is 6.42 Å². The Morgan fingerprint density at radius 3 is 2.73 bits per heavy atom. The third kappa shape index (κ3) is 4.25. The molecule has 1 aliphatic carbocycles. The summed E-state index contributed by atoms with van der Waals surface area (Å²) in [5.74, 6) is -0.255. The summed E-state index contributed by atoms with van der Waals surface area (Å²) in [7, 11) is 0. The second-order valence-corrected chi connectivity index (χ2v) is 7.95. The number of nitrogens with one attached hydrogen (secondary N) is 1. The number of benzene rings is 1. The van der Waals surface area contributed by atoms with Crippen LogP contribution in [0.3, 0.4) is 0 Å². The molecule has 0 fully saturated rings. The molecular weight excluding hydrogens is 377 g/mol. The van der Waals surface area contributed by atoms with E-state index < -0.39 is 0 Å². The molecule has 0 spiro atoms. The number of pyridine rings is 2. The van der Waals surface area contributed by atoms with E-state index in [-0.39, 0.29) is 17.8 Å². The third-order valence-electron chi connectivity index (χ3n) is 5.79.